The molecule has 1 heterocycles. The van der Waals surface area contributed by atoms with E-state index in [1.165, 1.54) is 16.8 Å². The van der Waals surface area contributed by atoms with Gasteiger partial charge in [0.25, 0.3) is 11.6 Å². The molecular formula is C11H9IN4O4. The first kappa shape index (κ1) is 14.2. The van der Waals surface area contributed by atoms with Gasteiger partial charge in [-0.3, -0.25) is 19.6 Å². The predicted octanol–water partition coefficient (Wildman–Crippen LogP) is 1.89. The van der Waals surface area contributed by atoms with E-state index in [1.54, 1.807) is 13.2 Å². The summed E-state index contributed by atoms with van der Waals surface area (Å²) in [5, 5.41) is 26.7. The number of halogens is 1. The second kappa shape index (κ2) is 5.45. The topological polar surface area (TPSA) is 110 Å². The zero-order valence-corrected chi connectivity index (χ0v) is 12.4. The Hall–Kier alpha value is -2.17. The number of amides is 1. The van der Waals surface area contributed by atoms with E-state index in [1.807, 2.05) is 22.6 Å². The largest absolute Gasteiger partial charge is 0.506 e. The molecule has 0 saturated carbocycles. The second-order valence-corrected chi connectivity index (χ2v) is 5.07. The maximum atomic E-state index is 12.0. The minimum atomic E-state index is -0.632. The number of nitrogens with zero attached hydrogens (tertiary/aromatic N) is 3. The summed E-state index contributed by atoms with van der Waals surface area (Å²) in [5.74, 6) is -0.877. The molecule has 0 bridgehead atoms. The molecule has 2 N–H and O–H groups in total. The summed E-state index contributed by atoms with van der Waals surface area (Å²) in [5.41, 5.74) is 0.0424. The molecule has 0 radical (unpaired) electrons. The first-order chi connectivity index (χ1) is 9.38. The van der Waals surface area contributed by atoms with E-state index in [9.17, 15) is 20.0 Å². The van der Waals surface area contributed by atoms with Crippen LogP contribution in [0.5, 0.6) is 5.75 Å². The van der Waals surface area contributed by atoms with Gasteiger partial charge in [0.2, 0.25) is 0 Å². The molecule has 1 aromatic carbocycles. The molecule has 9 heteroatoms. The third-order valence-corrected chi connectivity index (χ3v) is 3.23. The van der Waals surface area contributed by atoms with Gasteiger partial charge >= 0.3 is 0 Å². The lowest BCUT2D eigenvalue weighted by Crippen LogP contribution is -2.14. The van der Waals surface area contributed by atoms with Crippen LogP contribution in [0.25, 0.3) is 0 Å². The van der Waals surface area contributed by atoms with Crippen molar-refractivity contribution in [3.05, 3.63) is 43.8 Å². The summed E-state index contributed by atoms with van der Waals surface area (Å²) >= 11 is 1.97. The molecule has 0 spiro atoms. The quantitative estimate of drug-likeness (QED) is 0.361. The normalized spacial score (nSPS) is 10.3. The van der Waals surface area contributed by atoms with Crippen molar-refractivity contribution < 1.29 is 14.8 Å². The number of aryl methyl sites for hydroxylation is 1. The molecule has 8 nitrogen and oxygen atoms in total. The second-order valence-electron chi connectivity index (χ2n) is 3.91. The monoisotopic (exact) mass is 388 g/mol. The van der Waals surface area contributed by atoms with Crippen LogP contribution < -0.4 is 5.32 Å². The number of anilines is 1. The number of hydrogen-bond donors (Lipinski definition) is 2. The van der Waals surface area contributed by atoms with Crippen molar-refractivity contribution in [1.29, 1.82) is 0 Å². The van der Waals surface area contributed by atoms with Crippen LogP contribution in [0.1, 0.15) is 10.5 Å². The summed E-state index contributed by atoms with van der Waals surface area (Å²) in [6.45, 7) is 0. The van der Waals surface area contributed by atoms with E-state index >= 15 is 0 Å². The molecule has 0 atom stereocenters. The predicted molar refractivity (Wildman–Crippen MR) is 78.6 cm³/mol. The highest BCUT2D eigenvalue weighted by Crippen LogP contribution is 2.28. The van der Waals surface area contributed by atoms with Crippen LogP contribution in [0.15, 0.2) is 24.4 Å². The van der Waals surface area contributed by atoms with Crippen LogP contribution >= 0.6 is 22.6 Å². The maximum absolute atomic E-state index is 12.0. The van der Waals surface area contributed by atoms with Gasteiger partial charge in [-0.2, -0.15) is 5.10 Å². The zero-order chi connectivity index (χ0) is 14.9. The van der Waals surface area contributed by atoms with Gasteiger partial charge in [0.15, 0.2) is 5.69 Å². The van der Waals surface area contributed by atoms with E-state index in [0.717, 1.165) is 6.07 Å². The molecule has 1 amide bonds. The van der Waals surface area contributed by atoms with Crippen molar-refractivity contribution in [3.8, 4) is 5.75 Å². The summed E-state index contributed by atoms with van der Waals surface area (Å²) in [6, 6.07) is 3.43. The molecule has 0 saturated heterocycles. The average Bonchev–Trinajstić information content (AvgIpc) is 2.70. The SMILES string of the molecule is Cn1cc(I)c(C(=O)Nc2ccc([N+](=O)[O-])cc2O)n1. The van der Waals surface area contributed by atoms with Crippen molar-refractivity contribution in [1.82, 2.24) is 9.78 Å². The number of aromatic hydroxyl groups is 1. The van der Waals surface area contributed by atoms with E-state index in [4.69, 9.17) is 0 Å². The van der Waals surface area contributed by atoms with Crippen molar-refractivity contribution in [2.45, 2.75) is 0 Å². The van der Waals surface area contributed by atoms with E-state index < -0.39 is 10.8 Å². The van der Waals surface area contributed by atoms with Gasteiger partial charge in [0.05, 0.1) is 20.2 Å². The molecule has 0 aliphatic rings. The summed E-state index contributed by atoms with van der Waals surface area (Å²) in [7, 11) is 1.68. The van der Waals surface area contributed by atoms with Gasteiger partial charge < -0.3 is 10.4 Å². The Kier molecular flexibility index (Phi) is 3.88. The van der Waals surface area contributed by atoms with Crippen LogP contribution in [-0.2, 0) is 7.05 Å². The fourth-order valence-corrected chi connectivity index (χ4v) is 2.29. The minimum Gasteiger partial charge on any atom is -0.506 e. The molecule has 20 heavy (non-hydrogen) atoms. The smallest absolute Gasteiger partial charge is 0.277 e. The standard InChI is InChI=1S/C11H9IN4O4/c1-15-5-7(12)10(14-15)11(18)13-8-3-2-6(16(19)20)4-9(8)17/h2-5,17H,1H3,(H,13,18). The lowest BCUT2D eigenvalue weighted by molar-refractivity contribution is -0.384. The van der Waals surface area contributed by atoms with E-state index in [2.05, 4.69) is 10.4 Å². The Labute approximate surface area is 126 Å². The first-order valence-corrected chi connectivity index (χ1v) is 6.44. The van der Waals surface area contributed by atoms with Crippen LogP contribution in [0, 0.1) is 13.7 Å². The number of carbonyl (C=O) groups excluding carboxylic acids is 1. The highest BCUT2D eigenvalue weighted by Gasteiger charge is 2.17. The average molecular weight is 388 g/mol. The molecule has 1 aromatic heterocycles. The highest BCUT2D eigenvalue weighted by atomic mass is 127. The molecule has 104 valence electrons. The number of phenols is 1. The van der Waals surface area contributed by atoms with Crippen molar-refractivity contribution in [3.63, 3.8) is 0 Å². The summed E-state index contributed by atoms with van der Waals surface area (Å²) in [4.78, 5) is 21.9. The van der Waals surface area contributed by atoms with Crippen molar-refractivity contribution >= 4 is 39.9 Å². The number of carbonyl (C=O) groups is 1. The Morgan fingerprint density at radius 2 is 2.25 bits per heavy atom. The summed E-state index contributed by atoms with van der Waals surface area (Å²) < 4.78 is 2.15. The number of rotatable bonds is 3. The third kappa shape index (κ3) is 2.87. The maximum Gasteiger partial charge on any atom is 0.277 e. The number of nitrogens with one attached hydrogen (secondary N) is 1. The fourth-order valence-electron chi connectivity index (χ4n) is 1.53. The minimum absolute atomic E-state index is 0.0852. The van der Waals surface area contributed by atoms with Crippen LogP contribution in [-0.4, -0.2) is 25.7 Å². The van der Waals surface area contributed by atoms with Crippen molar-refractivity contribution in [2.24, 2.45) is 7.05 Å². The Balaban J connectivity index is 2.24. The van der Waals surface area contributed by atoms with E-state index in [-0.39, 0.29) is 22.8 Å². The van der Waals surface area contributed by atoms with Gasteiger partial charge in [0, 0.05) is 19.3 Å². The fraction of sp³-hybridized carbons (Fsp3) is 0.0909. The number of benzene rings is 1. The van der Waals surface area contributed by atoms with Crippen molar-refractivity contribution in [2.75, 3.05) is 5.32 Å². The van der Waals surface area contributed by atoms with Crippen LogP contribution in [0.3, 0.4) is 0 Å². The van der Waals surface area contributed by atoms with Gasteiger partial charge in [-0.25, -0.2) is 0 Å². The Morgan fingerprint density at radius 3 is 2.75 bits per heavy atom. The Bertz CT molecular complexity index is 698. The van der Waals surface area contributed by atoms with Gasteiger partial charge in [-0.05, 0) is 28.7 Å². The van der Waals surface area contributed by atoms with E-state index in [0.29, 0.717) is 3.57 Å². The van der Waals surface area contributed by atoms with Gasteiger partial charge in [-0.15, -0.1) is 0 Å². The molecule has 0 aliphatic heterocycles. The molecule has 0 unspecified atom stereocenters. The zero-order valence-electron chi connectivity index (χ0n) is 10.2. The number of nitro benzene ring substituents is 1. The lowest BCUT2D eigenvalue weighted by Gasteiger charge is -2.05. The first-order valence-electron chi connectivity index (χ1n) is 5.36. The Morgan fingerprint density at radius 1 is 1.55 bits per heavy atom. The highest BCUT2D eigenvalue weighted by molar-refractivity contribution is 14.1. The molecule has 2 aromatic rings. The van der Waals surface area contributed by atoms with Gasteiger partial charge in [0.1, 0.15) is 5.75 Å². The number of nitro groups is 1. The molecule has 2 rings (SSSR count). The van der Waals surface area contributed by atoms with Crippen LogP contribution in [0.2, 0.25) is 0 Å². The lowest BCUT2D eigenvalue weighted by atomic mass is 10.2. The van der Waals surface area contributed by atoms with Crippen LogP contribution in [0.4, 0.5) is 11.4 Å². The number of hydrogen-bond acceptors (Lipinski definition) is 5. The molecular weight excluding hydrogens is 379 g/mol. The number of phenolic OH excluding ortho intramolecular Hbond substituents is 1. The molecule has 0 fully saturated rings. The third-order valence-electron chi connectivity index (χ3n) is 2.44. The van der Waals surface area contributed by atoms with Gasteiger partial charge in [-0.1, -0.05) is 0 Å². The number of aromatic nitrogens is 2. The molecule has 0 aliphatic carbocycles. The number of non-ortho nitro benzene ring substituents is 1. The summed E-state index contributed by atoms with van der Waals surface area (Å²) in [6.07, 6.45) is 1.67.